The van der Waals surface area contributed by atoms with Crippen molar-refractivity contribution < 1.29 is 0 Å². The number of nitrogens with zero attached hydrogens (tertiary/aromatic N) is 3. The molecule has 0 aliphatic rings. The van der Waals surface area contributed by atoms with Gasteiger partial charge in [-0.25, -0.2) is 9.97 Å². The van der Waals surface area contributed by atoms with Crippen LogP contribution in [0.15, 0.2) is 53.5 Å². The van der Waals surface area contributed by atoms with E-state index in [1.165, 1.54) is 0 Å². The molecular weight excluding hydrogens is 280 g/mol. The summed E-state index contributed by atoms with van der Waals surface area (Å²) >= 11 is 3.43. The van der Waals surface area contributed by atoms with Crippen molar-refractivity contribution in [3.63, 3.8) is 0 Å². The molecule has 0 amide bonds. The van der Waals surface area contributed by atoms with Crippen molar-refractivity contribution in [2.24, 2.45) is 0 Å². The number of imidazole rings is 1. The fraction of sp³-hybridized carbons (Fsp3) is 0. The van der Waals surface area contributed by atoms with E-state index in [9.17, 15) is 0 Å². The topological polar surface area (TPSA) is 42.2 Å². The van der Waals surface area contributed by atoms with E-state index in [4.69, 9.17) is 0 Å². The standard InChI is InChI=1S/C12H9BrN4/c13-10-8-15-12-11(14-6-7-17(10)12)16-9-4-2-1-3-5-9/h1-8H,(H,14,16). The lowest BCUT2D eigenvalue weighted by atomic mass is 10.3. The lowest BCUT2D eigenvalue weighted by Gasteiger charge is -2.06. The molecule has 1 N–H and O–H groups in total. The van der Waals surface area contributed by atoms with Crippen molar-refractivity contribution in [3.8, 4) is 0 Å². The predicted octanol–water partition coefficient (Wildman–Crippen LogP) is 3.24. The van der Waals surface area contributed by atoms with Crippen LogP contribution in [0, 0.1) is 0 Å². The summed E-state index contributed by atoms with van der Waals surface area (Å²) < 4.78 is 2.84. The highest BCUT2D eigenvalue weighted by Crippen LogP contribution is 2.21. The van der Waals surface area contributed by atoms with Crippen LogP contribution in [0.2, 0.25) is 0 Å². The van der Waals surface area contributed by atoms with E-state index >= 15 is 0 Å². The molecule has 0 radical (unpaired) electrons. The Labute approximate surface area is 106 Å². The molecule has 1 aromatic carbocycles. The summed E-state index contributed by atoms with van der Waals surface area (Å²) in [6.45, 7) is 0. The summed E-state index contributed by atoms with van der Waals surface area (Å²) in [5.74, 6) is 0.740. The molecule has 0 bridgehead atoms. The summed E-state index contributed by atoms with van der Waals surface area (Å²) in [5, 5.41) is 3.24. The Morgan fingerprint density at radius 1 is 1.12 bits per heavy atom. The predicted molar refractivity (Wildman–Crippen MR) is 70.4 cm³/mol. The van der Waals surface area contributed by atoms with Crippen molar-refractivity contribution in [1.82, 2.24) is 14.4 Å². The Hall–Kier alpha value is -1.88. The molecule has 0 spiro atoms. The first-order valence-corrected chi connectivity index (χ1v) is 5.93. The molecule has 2 heterocycles. The van der Waals surface area contributed by atoms with Crippen LogP contribution in [0.1, 0.15) is 0 Å². The number of nitrogens with one attached hydrogen (secondary N) is 1. The van der Waals surface area contributed by atoms with Crippen LogP contribution in [0.3, 0.4) is 0 Å². The van der Waals surface area contributed by atoms with Gasteiger partial charge in [0.15, 0.2) is 11.5 Å². The van der Waals surface area contributed by atoms with Crippen LogP contribution in [-0.2, 0) is 0 Å². The third kappa shape index (κ3) is 1.89. The van der Waals surface area contributed by atoms with E-state index in [0.29, 0.717) is 0 Å². The van der Waals surface area contributed by atoms with Crippen molar-refractivity contribution in [1.29, 1.82) is 0 Å². The van der Waals surface area contributed by atoms with Gasteiger partial charge in [0, 0.05) is 18.1 Å². The number of rotatable bonds is 2. The van der Waals surface area contributed by atoms with Gasteiger partial charge in [0.05, 0.1) is 6.20 Å². The second-order valence-electron chi connectivity index (χ2n) is 3.54. The van der Waals surface area contributed by atoms with E-state index in [1.54, 1.807) is 12.4 Å². The first-order valence-electron chi connectivity index (χ1n) is 5.14. The fourth-order valence-corrected chi connectivity index (χ4v) is 2.02. The van der Waals surface area contributed by atoms with Gasteiger partial charge in [-0.1, -0.05) is 18.2 Å². The number of benzene rings is 1. The number of fused-ring (bicyclic) bond motifs is 1. The number of halogens is 1. The highest BCUT2D eigenvalue weighted by atomic mass is 79.9. The van der Waals surface area contributed by atoms with Gasteiger partial charge in [0.25, 0.3) is 0 Å². The lowest BCUT2D eigenvalue weighted by Crippen LogP contribution is -1.97. The van der Waals surface area contributed by atoms with Gasteiger partial charge >= 0.3 is 0 Å². The number of para-hydroxylation sites is 1. The molecule has 0 saturated heterocycles. The highest BCUT2D eigenvalue weighted by molar-refractivity contribution is 9.10. The SMILES string of the molecule is Brc1cnc2c(Nc3ccccc3)nccn12. The van der Waals surface area contributed by atoms with Gasteiger partial charge in [-0.3, -0.25) is 4.40 Å². The molecule has 4 nitrogen and oxygen atoms in total. The Kier molecular flexibility index (Phi) is 2.53. The fourth-order valence-electron chi connectivity index (χ4n) is 1.64. The Balaban J connectivity index is 2.06. The van der Waals surface area contributed by atoms with E-state index in [2.05, 4.69) is 31.2 Å². The number of aromatic nitrogens is 3. The summed E-state index contributed by atoms with van der Waals surface area (Å²) in [6.07, 6.45) is 5.36. The zero-order valence-corrected chi connectivity index (χ0v) is 10.4. The van der Waals surface area contributed by atoms with Gasteiger partial charge in [-0.05, 0) is 28.1 Å². The maximum Gasteiger partial charge on any atom is 0.181 e. The van der Waals surface area contributed by atoms with Crippen LogP contribution in [0.25, 0.3) is 5.65 Å². The molecule has 0 aliphatic heterocycles. The van der Waals surface area contributed by atoms with Crippen LogP contribution in [-0.4, -0.2) is 14.4 Å². The number of anilines is 2. The third-order valence-electron chi connectivity index (χ3n) is 2.42. The van der Waals surface area contributed by atoms with Gasteiger partial charge in [-0.2, -0.15) is 0 Å². The van der Waals surface area contributed by atoms with Gasteiger partial charge in [0.2, 0.25) is 0 Å². The minimum atomic E-state index is 0.740. The summed E-state index contributed by atoms with van der Waals surface area (Å²) in [5.41, 5.74) is 1.79. The second kappa shape index (κ2) is 4.18. The first-order chi connectivity index (χ1) is 8.34. The van der Waals surface area contributed by atoms with Crippen molar-refractivity contribution in [2.45, 2.75) is 0 Å². The van der Waals surface area contributed by atoms with E-state index in [0.717, 1.165) is 21.8 Å². The van der Waals surface area contributed by atoms with Crippen molar-refractivity contribution >= 4 is 33.1 Å². The number of hydrogen-bond acceptors (Lipinski definition) is 3. The molecule has 3 aromatic rings. The van der Waals surface area contributed by atoms with Crippen LogP contribution < -0.4 is 5.32 Å². The lowest BCUT2D eigenvalue weighted by molar-refractivity contribution is 1.11. The molecule has 0 saturated carbocycles. The third-order valence-corrected chi connectivity index (χ3v) is 3.01. The molecule has 84 valence electrons. The zero-order valence-electron chi connectivity index (χ0n) is 8.84. The first kappa shape index (κ1) is 10.3. The highest BCUT2D eigenvalue weighted by Gasteiger charge is 2.06. The summed E-state index contributed by atoms with van der Waals surface area (Å²) in [7, 11) is 0. The van der Waals surface area contributed by atoms with Crippen molar-refractivity contribution in [3.05, 3.63) is 53.5 Å². The Bertz CT molecular complexity index is 648. The van der Waals surface area contributed by atoms with Gasteiger partial charge in [0.1, 0.15) is 4.60 Å². The van der Waals surface area contributed by atoms with Gasteiger partial charge < -0.3 is 5.32 Å². The maximum absolute atomic E-state index is 4.31. The molecule has 0 aliphatic carbocycles. The van der Waals surface area contributed by atoms with E-state index < -0.39 is 0 Å². The molecule has 0 atom stereocenters. The quantitative estimate of drug-likeness (QED) is 0.787. The van der Waals surface area contributed by atoms with Crippen LogP contribution >= 0.6 is 15.9 Å². The van der Waals surface area contributed by atoms with E-state index in [-0.39, 0.29) is 0 Å². The monoisotopic (exact) mass is 288 g/mol. The Morgan fingerprint density at radius 3 is 2.76 bits per heavy atom. The van der Waals surface area contributed by atoms with Crippen LogP contribution in [0.4, 0.5) is 11.5 Å². The molecule has 17 heavy (non-hydrogen) atoms. The minimum Gasteiger partial charge on any atom is -0.337 e. The largest absolute Gasteiger partial charge is 0.337 e. The van der Waals surface area contributed by atoms with Gasteiger partial charge in [-0.15, -0.1) is 0 Å². The molecule has 0 fully saturated rings. The van der Waals surface area contributed by atoms with Crippen LogP contribution in [0.5, 0.6) is 0 Å². The molecular formula is C12H9BrN4. The summed E-state index contributed by atoms with van der Waals surface area (Å²) in [4.78, 5) is 8.61. The second-order valence-corrected chi connectivity index (χ2v) is 4.35. The van der Waals surface area contributed by atoms with Crippen molar-refractivity contribution in [2.75, 3.05) is 5.32 Å². The maximum atomic E-state index is 4.31. The molecule has 0 unspecified atom stereocenters. The molecule has 2 aromatic heterocycles. The average Bonchev–Trinajstić information content (AvgIpc) is 2.74. The number of hydrogen-bond donors (Lipinski definition) is 1. The Morgan fingerprint density at radius 2 is 1.94 bits per heavy atom. The zero-order chi connectivity index (χ0) is 11.7. The summed E-state index contributed by atoms with van der Waals surface area (Å²) in [6, 6.07) is 9.91. The average molecular weight is 289 g/mol. The van der Waals surface area contributed by atoms with E-state index in [1.807, 2.05) is 40.9 Å². The molecule has 5 heteroatoms. The molecule has 3 rings (SSSR count). The minimum absolute atomic E-state index is 0.740. The normalized spacial score (nSPS) is 10.6. The smallest absolute Gasteiger partial charge is 0.181 e.